The molecule has 1 aliphatic rings. The van der Waals surface area contributed by atoms with E-state index in [-0.39, 0.29) is 36.7 Å². The largest absolute Gasteiger partial charge is 0.354 e. The molecule has 0 spiro atoms. The van der Waals surface area contributed by atoms with Gasteiger partial charge in [-0.1, -0.05) is 62.9 Å². The summed E-state index contributed by atoms with van der Waals surface area (Å²) in [6.07, 6.45) is 6.63. The maximum atomic E-state index is 12.7. The SMILES string of the molecule is CCCCNC(=O)C1(NC(=O)CC(N)c2ccccc2)CCCCC1.Cl. The molecule has 5 nitrogen and oxygen atoms in total. The maximum absolute atomic E-state index is 12.7. The van der Waals surface area contributed by atoms with Gasteiger partial charge < -0.3 is 16.4 Å². The smallest absolute Gasteiger partial charge is 0.245 e. The second-order valence-electron chi connectivity index (χ2n) is 7.02. The van der Waals surface area contributed by atoms with Gasteiger partial charge in [-0.15, -0.1) is 12.4 Å². The van der Waals surface area contributed by atoms with Gasteiger partial charge in [0.05, 0.1) is 0 Å². The lowest BCUT2D eigenvalue weighted by atomic mass is 9.80. The predicted molar refractivity (Wildman–Crippen MR) is 107 cm³/mol. The summed E-state index contributed by atoms with van der Waals surface area (Å²) in [5, 5.41) is 6.03. The Kier molecular flexibility index (Phi) is 9.66. The number of carbonyl (C=O) groups excluding carboxylic acids is 2. The Morgan fingerprint density at radius 1 is 1.15 bits per heavy atom. The zero-order valence-electron chi connectivity index (χ0n) is 15.6. The van der Waals surface area contributed by atoms with Crippen LogP contribution in [0.5, 0.6) is 0 Å². The Labute approximate surface area is 162 Å². The van der Waals surface area contributed by atoms with E-state index in [9.17, 15) is 9.59 Å². The molecule has 1 aliphatic carbocycles. The van der Waals surface area contributed by atoms with Crippen LogP contribution in [0.25, 0.3) is 0 Å². The summed E-state index contributed by atoms with van der Waals surface area (Å²) < 4.78 is 0. The van der Waals surface area contributed by atoms with E-state index >= 15 is 0 Å². The Balaban J connectivity index is 0.00000338. The maximum Gasteiger partial charge on any atom is 0.245 e. The van der Waals surface area contributed by atoms with Crippen molar-refractivity contribution in [1.82, 2.24) is 10.6 Å². The summed E-state index contributed by atoms with van der Waals surface area (Å²) in [6, 6.07) is 9.24. The van der Waals surface area contributed by atoms with Crippen LogP contribution >= 0.6 is 12.4 Å². The van der Waals surface area contributed by atoms with Crippen molar-refractivity contribution in [3.63, 3.8) is 0 Å². The standard InChI is InChI=1S/C20H31N3O2.ClH/c1-2-3-14-22-19(25)20(12-8-5-9-13-20)23-18(24)15-17(21)16-10-6-4-7-11-16;/h4,6-7,10-11,17H,2-3,5,8-9,12-15,21H2,1H3,(H,22,25)(H,23,24);1H. The van der Waals surface area contributed by atoms with Gasteiger partial charge in [0, 0.05) is 19.0 Å². The fraction of sp³-hybridized carbons (Fsp3) is 0.600. The number of nitrogens with one attached hydrogen (secondary N) is 2. The highest BCUT2D eigenvalue weighted by Crippen LogP contribution is 2.29. The minimum Gasteiger partial charge on any atom is -0.354 e. The zero-order chi connectivity index (χ0) is 18.1. The molecule has 1 saturated carbocycles. The fourth-order valence-corrected chi connectivity index (χ4v) is 3.45. The first-order chi connectivity index (χ1) is 12.1. The molecule has 0 aromatic heterocycles. The number of carbonyl (C=O) groups is 2. The van der Waals surface area contributed by atoms with E-state index < -0.39 is 5.54 Å². The van der Waals surface area contributed by atoms with Gasteiger partial charge in [0.1, 0.15) is 5.54 Å². The Morgan fingerprint density at radius 2 is 1.81 bits per heavy atom. The summed E-state index contributed by atoms with van der Waals surface area (Å²) in [4.78, 5) is 25.3. The van der Waals surface area contributed by atoms with E-state index in [0.717, 1.165) is 37.7 Å². The Morgan fingerprint density at radius 3 is 2.42 bits per heavy atom. The third-order valence-corrected chi connectivity index (χ3v) is 4.97. The first-order valence-electron chi connectivity index (χ1n) is 9.47. The summed E-state index contributed by atoms with van der Waals surface area (Å²) >= 11 is 0. The van der Waals surface area contributed by atoms with Crippen molar-refractivity contribution in [1.29, 1.82) is 0 Å². The van der Waals surface area contributed by atoms with Crippen molar-refractivity contribution in [2.24, 2.45) is 5.73 Å². The Bertz CT molecular complexity index is 559. The molecule has 0 radical (unpaired) electrons. The molecule has 0 bridgehead atoms. The van der Waals surface area contributed by atoms with Crippen molar-refractivity contribution in [3.05, 3.63) is 35.9 Å². The summed E-state index contributed by atoms with van der Waals surface area (Å²) in [7, 11) is 0. The highest BCUT2D eigenvalue weighted by molar-refractivity contribution is 5.91. The lowest BCUT2D eigenvalue weighted by molar-refractivity contribution is -0.135. The molecule has 1 unspecified atom stereocenters. The van der Waals surface area contributed by atoms with Crippen LogP contribution in [-0.4, -0.2) is 23.9 Å². The van der Waals surface area contributed by atoms with E-state index in [1.165, 1.54) is 0 Å². The molecule has 146 valence electrons. The number of hydrogen-bond acceptors (Lipinski definition) is 3. The minimum absolute atomic E-state index is 0. The summed E-state index contributed by atoms with van der Waals surface area (Å²) in [5.74, 6) is -0.189. The molecule has 1 aromatic carbocycles. The van der Waals surface area contributed by atoms with Gasteiger partial charge in [0.15, 0.2) is 0 Å². The summed E-state index contributed by atoms with van der Waals surface area (Å²) in [5.41, 5.74) is 6.33. The second-order valence-corrected chi connectivity index (χ2v) is 7.02. The van der Waals surface area contributed by atoms with Crippen LogP contribution in [0.4, 0.5) is 0 Å². The van der Waals surface area contributed by atoms with Crippen LogP contribution in [0.15, 0.2) is 30.3 Å². The van der Waals surface area contributed by atoms with E-state index in [4.69, 9.17) is 5.73 Å². The lowest BCUT2D eigenvalue weighted by Gasteiger charge is -2.37. The lowest BCUT2D eigenvalue weighted by Crippen LogP contribution is -2.60. The second kappa shape index (κ2) is 11.2. The molecular formula is C20H32ClN3O2. The first kappa shape index (κ1) is 22.5. The monoisotopic (exact) mass is 381 g/mol. The number of hydrogen-bond donors (Lipinski definition) is 3. The van der Waals surface area contributed by atoms with E-state index in [2.05, 4.69) is 17.6 Å². The number of halogens is 1. The van der Waals surface area contributed by atoms with Crippen LogP contribution in [-0.2, 0) is 9.59 Å². The quantitative estimate of drug-likeness (QED) is 0.604. The van der Waals surface area contributed by atoms with Crippen molar-refractivity contribution < 1.29 is 9.59 Å². The van der Waals surface area contributed by atoms with Crippen LogP contribution in [0.3, 0.4) is 0 Å². The molecule has 2 amide bonds. The van der Waals surface area contributed by atoms with Gasteiger partial charge in [0.2, 0.25) is 11.8 Å². The topological polar surface area (TPSA) is 84.2 Å². The number of unbranched alkanes of at least 4 members (excludes halogenated alkanes) is 1. The van der Waals surface area contributed by atoms with Crippen molar-refractivity contribution in [3.8, 4) is 0 Å². The molecule has 1 aromatic rings. The van der Waals surface area contributed by atoms with Gasteiger partial charge in [-0.3, -0.25) is 9.59 Å². The molecule has 1 fully saturated rings. The van der Waals surface area contributed by atoms with Crippen LogP contribution in [0.1, 0.15) is 69.9 Å². The van der Waals surface area contributed by atoms with Crippen molar-refractivity contribution in [2.45, 2.75) is 69.9 Å². The van der Waals surface area contributed by atoms with Crippen LogP contribution < -0.4 is 16.4 Å². The number of amides is 2. The van der Waals surface area contributed by atoms with Gasteiger partial charge >= 0.3 is 0 Å². The highest BCUT2D eigenvalue weighted by Gasteiger charge is 2.40. The number of benzene rings is 1. The molecule has 0 saturated heterocycles. The van der Waals surface area contributed by atoms with E-state index in [0.29, 0.717) is 19.4 Å². The number of nitrogens with two attached hydrogens (primary N) is 1. The third-order valence-electron chi connectivity index (χ3n) is 4.97. The van der Waals surface area contributed by atoms with Crippen molar-refractivity contribution >= 4 is 24.2 Å². The zero-order valence-corrected chi connectivity index (χ0v) is 16.4. The molecule has 6 heteroatoms. The molecule has 1 atom stereocenters. The highest BCUT2D eigenvalue weighted by atomic mass is 35.5. The average molecular weight is 382 g/mol. The molecular weight excluding hydrogens is 350 g/mol. The van der Waals surface area contributed by atoms with Crippen LogP contribution in [0, 0.1) is 0 Å². The normalized spacial score (nSPS) is 16.8. The van der Waals surface area contributed by atoms with Gasteiger partial charge in [-0.2, -0.15) is 0 Å². The number of rotatable bonds is 8. The molecule has 4 N–H and O–H groups in total. The minimum atomic E-state index is -0.764. The molecule has 26 heavy (non-hydrogen) atoms. The Hall–Kier alpha value is -1.59. The molecule has 2 rings (SSSR count). The van der Waals surface area contributed by atoms with Gasteiger partial charge in [-0.25, -0.2) is 0 Å². The fourth-order valence-electron chi connectivity index (χ4n) is 3.45. The van der Waals surface area contributed by atoms with Crippen LogP contribution in [0.2, 0.25) is 0 Å². The van der Waals surface area contributed by atoms with E-state index in [1.807, 2.05) is 30.3 Å². The molecule has 0 aliphatic heterocycles. The molecule has 0 heterocycles. The van der Waals surface area contributed by atoms with E-state index in [1.54, 1.807) is 0 Å². The van der Waals surface area contributed by atoms with Gasteiger partial charge in [0.25, 0.3) is 0 Å². The predicted octanol–water partition coefficient (Wildman–Crippen LogP) is 3.23. The van der Waals surface area contributed by atoms with Gasteiger partial charge in [-0.05, 0) is 24.8 Å². The third kappa shape index (κ3) is 6.29. The average Bonchev–Trinajstić information content (AvgIpc) is 2.63. The summed E-state index contributed by atoms with van der Waals surface area (Å²) in [6.45, 7) is 2.76. The van der Waals surface area contributed by atoms with Crippen molar-refractivity contribution in [2.75, 3.05) is 6.54 Å². The first-order valence-corrected chi connectivity index (χ1v) is 9.47.